The number of hydrogen-bond acceptors (Lipinski definition) is 2. The molecule has 0 bridgehead atoms. The van der Waals surface area contributed by atoms with E-state index in [1.54, 1.807) is 0 Å². The molecule has 0 spiro atoms. The third-order valence-electron chi connectivity index (χ3n) is 4.38. The highest BCUT2D eigenvalue weighted by Gasteiger charge is 2.39. The van der Waals surface area contributed by atoms with Crippen LogP contribution in [0.2, 0.25) is 0 Å². The van der Waals surface area contributed by atoms with E-state index in [4.69, 9.17) is 4.74 Å². The van der Waals surface area contributed by atoms with Crippen LogP contribution in [0.25, 0.3) is 0 Å². The summed E-state index contributed by atoms with van der Waals surface area (Å²) in [6, 6.07) is 0.634. The predicted octanol–water partition coefficient (Wildman–Crippen LogP) is 3.75. The van der Waals surface area contributed by atoms with Crippen LogP contribution in [0.4, 0.5) is 0 Å². The molecular formula is C15H31NO. The van der Waals surface area contributed by atoms with Gasteiger partial charge < -0.3 is 10.1 Å². The topological polar surface area (TPSA) is 21.3 Å². The molecule has 2 heteroatoms. The Balaban J connectivity index is 2.49. The van der Waals surface area contributed by atoms with E-state index in [0.717, 1.165) is 12.5 Å². The van der Waals surface area contributed by atoms with E-state index in [1.807, 2.05) is 7.11 Å². The maximum absolute atomic E-state index is 5.77. The minimum Gasteiger partial charge on any atom is -0.378 e. The quantitative estimate of drug-likeness (QED) is 0.664. The van der Waals surface area contributed by atoms with Gasteiger partial charge >= 0.3 is 0 Å². The second-order valence-electron chi connectivity index (χ2n) is 5.77. The highest BCUT2D eigenvalue weighted by atomic mass is 16.5. The number of hydrogen-bond donors (Lipinski definition) is 1. The molecule has 1 N–H and O–H groups in total. The van der Waals surface area contributed by atoms with Gasteiger partial charge in [-0.1, -0.05) is 27.2 Å². The van der Waals surface area contributed by atoms with Gasteiger partial charge in [-0.05, 0) is 51.0 Å². The van der Waals surface area contributed by atoms with Crippen molar-refractivity contribution in [3.63, 3.8) is 0 Å². The van der Waals surface area contributed by atoms with Gasteiger partial charge in [-0.15, -0.1) is 0 Å². The van der Waals surface area contributed by atoms with E-state index in [-0.39, 0.29) is 5.60 Å². The standard InChI is InChI=1S/C15H31NO/c1-5-8-13(3)14(16-11-6-2)12-15(17-4)9-7-10-15/h13-14,16H,5-12H2,1-4H3. The fraction of sp³-hybridized carbons (Fsp3) is 1.00. The Kier molecular flexibility index (Phi) is 6.50. The molecule has 0 amide bonds. The van der Waals surface area contributed by atoms with Gasteiger partial charge in [0.15, 0.2) is 0 Å². The largest absolute Gasteiger partial charge is 0.378 e. The summed E-state index contributed by atoms with van der Waals surface area (Å²) >= 11 is 0. The number of rotatable bonds is 9. The van der Waals surface area contributed by atoms with Gasteiger partial charge in [0.25, 0.3) is 0 Å². The Bertz CT molecular complexity index is 196. The summed E-state index contributed by atoms with van der Waals surface area (Å²) in [6.45, 7) is 8.05. The van der Waals surface area contributed by atoms with Crippen LogP contribution in [-0.2, 0) is 4.74 Å². The molecule has 0 radical (unpaired) electrons. The molecule has 1 aliphatic carbocycles. The van der Waals surface area contributed by atoms with E-state index in [1.165, 1.54) is 44.9 Å². The maximum Gasteiger partial charge on any atom is 0.0693 e. The number of methoxy groups -OCH3 is 1. The van der Waals surface area contributed by atoms with E-state index in [0.29, 0.717) is 6.04 Å². The SMILES string of the molecule is CCCNC(CC1(OC)CCC1)C(C)CCC. The van der Waals surface area contributed by atoms with Gasteiger partial charge in [0.05, 0.1) is 5.60 Å². The Morgan fingerprint density at radius 3 is 2.35 bits per heavy atom. The lowest BCUT2D eigenvalue weighted by Crippen LogP contribution is -2.48. The van der Waals surface area contributed by atoms with E-state index in [2.05, 4.69) is 26.1 Å². The fourth-order valence-electron chi connectivity index (χ4n) is 2.92. The summed E-state index contributed by atoms with van der Waals surface area (Å²) in [7, 11) is 1.89. The van der Waals surface area contributed by atoms with Gasteiger partial charge in [0.2, 0.25) is 0 Å². The number of nitrogens with one attached hydrogen (secondary N) is 1. The average Bonchev–Trinajstić information content (AvgIpc) is 2.28. The molecule has 1 rings (SSSR count). The van der Waals surface area contributed by atoms with Crippen LogP contribution in [0.3, 0.4) is 0 Å². The zero-order valence-electron chi connectivity index (χ0n) is 12.2. The summed E-state index contributed by atoms with van der Waals surface area (Å²) in [6.07, 6.45) is 8.88. The smallest absolute Gasteiger partial charge is 0.0693 e. The molecule has 2 atom stereocenters. The Morgan fingerprint density at radius 2 is 1.94 bits per heavy atom. The van der Waals surface area contributed by atoms with E-state index in [9.17, 15) is 0 Å². The average molecular weight is 241 g/mol. The van der Waals surface area contributed by atoms with Crippen LogP contribution in [0.1, 0.15) is 65.7 Å². The van der Waals surface area contributed by atoms with Crippen molar-refractivity contribution < 1.29 is 4.74 Å². The first kappa shape index (κ1) is 15.0. The summed E-state index contributed by atoms with van der Waals surface area (Å²) in [5.41, 5.74) is 0.202. The van der Waals surface area contributed by atoms with Crippen LogP contribution < -0.4 is 5.32 Å². The highest BCUT2D eigenvalue weighted by Crippen LogP contribution is 2.40. The highest BCUT2D eigenvalue weighted by molar-refractivity contribution is 4.94. The molecule has 1 fully saturated rings. The van der Waals surface area contributed by atoms with E-state index >= 15 is 0 Å². The first-order valence-corrected chi connectivity index (χ1v) is 7.46. The molecule has 2 unspecified atom stereocenters. The van der Waals surface area contributed by atoms with Crippen molar-refractivity contribution in [2.24, 2.45) is 5.92 Å². The zero-order valence-corrected chi connectivity index (χ0v) is 12.2. The van der Waals surface area contributed by atoms with Gasteiger partial charge in [0.1, 0.15) is 0 Å². The van der Waals surface area contributed by atoms with E-state index < -0.39 is 0 Å². The van der Waals surface area contributed by atoms with Crippen LogP contribution in [0.5, 0.6) is 0 Å². The van der Waals surface area contributed by atoms with Crippen LogP contribution in [-0.4, -0.2) is 25.3 Å². The third-order valence-corrected chi connectivity index (χ3v) is 4.38. The lowest BCUT2D eigenvalue weighted by Gasteiger charge is -2.44. The van der Waals surface area contributed by atoms with Crippen LogP contribution >= 0.6 is 0 Å². The molecule has 0 aliphatic heterocycles. The molecule has 0 aromatic rings. The van der Waals surface area contributed by atoms with Crippen molar-refractivity contribution in [2.75, 3.05) is 13.7 Å². The molecule has 1 aliphatic rings. The summed E-state index contributed by atoms with van der Waals surface area (Å²) < 4.78 is 5.77. The summed E-state index contributed by atoms with van der Waals surface area (Å²) in [4.78, 5) is 0. The predicted molar refractivity (Wildman–Crippen MR) is 74.4 cm³/mol. The van der Waals surface area contributed by atoms with Crippen molar-refractivity contribution >= 4 is 0 Å². The number of ether oxygens (including phenoxy) is 1. The Hall–Kier alpha value is -0.0800. The first-order valence-electron chi connectivity index (χ1n) is 7.46. The molecule has 17 heavy (non-hydrogen) atoms. The molecule has 102 valence electrons. The zero-order chi connectivity index (χ0) is 12.7. The molecular weight excluding hydrogens is 210 g/mol. The summed E-state index contributed by atoms with van der Waals surface area (Å²) in [5, 5.41) is 3.73. The van der Waals surface area contributed by atoms with Crippen LogP contribution in [0, 0.1) is 5.92 Å². The Morgan fingerprint density at radius 1 is 1.24 bits per heavy atom. The maximum atomic E-state index is 5.77. The molecule has 1 saturated carbocycles. The van der Waals surface area contributed by atoms with Crippen LogP contribution in [0.15, 0.2) is 0 Å². The van der Waals surface area contributed by atoms with Gasteiger partial charge in [-0.3, -0.25) is 0 Å². The van der Waals surface area contributed by atoms with Gasteiger partial charge in [-0.25, -0.2) is 0 Å². The molecule has 0 aromatic heterocycles. The first-order chi connectivity index (χ1) is 8.17. The molecule has 0 aromatic carbocycles. The van der Waals surface area contributed by atoms with Crippen molar-refractivity contribution in [3.05, 3.63) is 0 Å². The van der Waals surface area contributed by atoms with Crippen molar-refractivity contribution in [3.8, 4) is 0 Å². The fourth-order valence-corrected chi connectivity index (χ4v) is 2.92. The third kappa shape index (κ3) is 4.26. The summed E-state index contributed by atoms with van der Waals surface area (Å²) in [5.74, 6) is 0.763. The van der Waals surface area contributed by atoms with Crippen molar-refractivity contribution in [1.29, 1.82) is 0 Å². The minimum atomic E-state index is 0.202. The van der Waals surface area contributed by atoms with Crippen molar-refractivity contribution in [1.82, 2.24) is 5.32 Å². The lowest BCUT2D eigenvalue weighted by molar-refractivity contribution is -0.0867. The lowest BCUT2D eigenvalue weighted by atomic mass is 9.73. The minimum absolute atomic E-state index is 0.202. The molecule has 2 nitrogen and oxygen atoms in total. The monoisotopic (exact) mass is 241 g/mol. The second-order valence-corrected chi connectivity index (χ2v) is 5.77. The second kappa shape index (κ2) is 7.38. The molecule has 0 heterocycles. The van der Waals surface area contributed by atoms with Gasteiger partial charge in [0, 0.05) is 13.2 Å². The Labute approximate surface area is 108 Å². The van der Waals surface area contributed by atoms with Crippen molar-refractivity contribution in [2.45, 2.75) is 77.4 Å². The normalized spacial score (nSPS) is 21.9. The van der Waals surface area contributed by atoms with Gasteiger partial charge in [-0.2, -0.15) is 0 Å². The molecule has 0 saturated heterocycles.